The van der Waals surface area contributed by atoms with Gasteiger partial charge in [-0.05, 0) is 59.3 Å². The number of nitrogens with zero attached hydrogens (tertiary/aromatic N) is 5. The summed E-state index contributed by atoms with van der Waals surface area (Å²) in [6, 6.07) is 28.8. The van der Waals surface area contributed by atoms with Crippen molar-refractivity contribution in [2.45, 2.75) is 0 Å². The summed E-state index contributed by atoms with van der Waals surface area (Å²) in [5.41, 5.74) is 3.80. The number of anilines is 1. The van der Waals surface area contributed by atoms with Gasteiger partial charge in [0.25, 0.3) is 5.91 Å². The van der Waals surface area contributed by atoms with Crippen molar-refractivity contribution in [2.75, 3.05) is 11.9 Å². The van der Waals surface area contributed by atoms with E-state index in [1.165, 1.54) is 0 Å². The van der Waals surface area contributed by atoms with Crippen molar-refractivity contribution in [3.63, 3.8) is 0 Å². The van der Waals surface area contributed by atoms with Crippen LogP contribution in [0.25, 0.3) is 39.1 Å². The van der Waals surface area contributed by atoms with Crippen LogP contribution >= 0.6 is 0 Å². The van der Waals surface area contributed by atoms with Crippen LogP contribution in [0.1, 0.15) is 0 Å². The topological polar surface area (TPSA) is 94.3 Å². The first-order valence-electron chi connectivity index (χ1n) is 11.4. The SMILES string of the molecule is O=C(COc1ccc2ccccc2c1)Nc1ccc(-c2ccc3nnc(-c4cccnc4)n3n2)cc1. The number of ether oxygens (including phenoxy) is 1. The third-order valence-corrected chi connectivity index (χ3v) is 5.74. The molecule has 0 aliphatic rings. The van der Waals surface area contributed by atoms with Crippen LogP contribution in [-0.4, -0.2) is 37.3 Å². The molecule has 36 heavy (non-hydrogen) atoms. The highest BCUT2D eigenvalue weighted by molar-refractivity contribution is 5.92. The first-order valence-corrected chi connectivity index (χ1v) is 11.4. The molecule has 3 aromatic carbocycles. The fourth-order valence-electron chi connectivity index (χ4n) is 3.95. The maximum Gasteiger partial charge on any atom is 0.262 e. The van der Waals surface area contributed by atoms with Gasteiger partial charge in [-0.1, -0.05) is 42.5 Å². The Balaban J connectivity index is 1.14. The second kappa shape index (κ2) is 9.27. The molecule has 0 atom stereocenters. The molecule has 0 saturated heterocycles. The maximum absolute atomic E-state index is 12.4. The molecule has 0 unspecified atom stereocenters. The third kappa shape index (κ3) is 4.35. The van der Waals surface area contributed by atoms with Crippen molar-refractivity contribution in [3.8, 4) is 28.4 Å². The van der Waals surface area contributed by atoms with E-state index in [4.69, 9.17) is 9.84 Å². The van der Waals surface area contributed by atoms with E-state index in [0.29, 0.717) is 22.9 Å². The summed E-state index contributed by atoms with van der Waals surface area (Å²) in [7, 11) is 0. The molecule has 174 valence electrons. The minimum Gasteiger partial charge on any atom is -0.484 e. The molecule has 0 saturated carbocycles. The summed E-state index contributed by atoms with van der Waals surface area (Å²) in [5, 5.41) is 18.2. The molecule has 6 aromatic rings. The molecule has 3 heterocycles. The van der Waals surface area contributed by atoms with Gasteiger partial charge >= 0.3 is 0 Å². The molecule has 3 aromatic heterocycles. The van der Waals surface area contributed by atoms with Gasteiger partial charge in [0.05, 0.1) is 5.69 Å². The molecule has 0 spiro atoms. The van der Waals surface area contributed by atoms with Crippen molar-refractivity contribution >= 4 is 28.0 Å². The van der Waals surface area contributed by atoms with Crippen LogP contribution < -0.4 is 10.1 Å². The zero-order valence-electron chi connectivity index (χ0n) is 19.1. The highest BCUT2D eigenvalue weighted by Crippen LogP contribution is 2.23. The summed E-state index contributed by atoms with van der Waals surface area (Å²) in [5.74, 6) is 1.04. The van der Waals surface area contributed by atoms with Crippen LogP contribution in [0.5, 0.6) is 5.75 Å². The number of rotatable bonds is 6. The van der Waals surface area contributed by atoms with E-state index in [-0.39, 0.29) is 12.5 Å². The second-order valence-electron chi connectivity index (χ2n) is 8.18. The van der Waals surface area contributed by atoms with Crippen LogP contribution in [0.15, 0.2) is 103 Å². The monoisotopic (exact) mass is 472 g/mol. The molecule has 0 aliphatic carbocycles. The first-order chi connectivity index (χ1) is 17.7. The molecule has 8 nitrogen and oxygen atoms in total. The maximum atomic E-state index is 12.4. The van der Waals surface area contributed by atoms with Crippen LogP contribution in [0, 0.1) is 0 Å². The van der Waals surface area contributed by atoms with Crippen LogP contribution in [-0.2, 0) is 4.79 Å². The number of amides is 1. The number of carbonyl (C=O) groups is 1. The summed E-state index contributed by atoms with van der Waals surface area (Å²) in [6.45, 7) is -0.0803. The molecular formula is C28H20N6O2. The van der Waals surface area contributed by atoms with Gasteiger partial charge in [0.1, 0.15) is 5.75 Å². The standard InChI is InChI=1S/C28H20N6O2/c35-27(18-36-24-12-9-19-4-1-2-5-21(19)16-24)30-23-10-7-20(8-11-23)25-13-14-26-31-32-28(34(26)33-25)22-6-3-15-29-17-22/h1-17H,18H2,(H,30,35). The third-order valence-electron chi connectivity index (χ3n) is 5.74. The van der Waals surface area contributed by atoms with Crippen molar-refractivity contribution in [2.24, 2.45) is 0 Å². The normalized spacial score (nSPS) is 11.0. The van der Waals surface area contributed by atoms with E-state index >= 15 is 0 Å². The van der Waals surface area contributed by atoms with E-state index in [1.807, 2.05) is 91.0 Å². The lowest BCUT2D eigenvalue weighted by Crippen LogP contribution is -2.20. The zero-order valence-corrected chi connectivity index (χ0v) is 19.1. The number of pyridine rings is 1. The Bertz CT molecular complexity index is 1680. The van der Waals surface area contributed by atoms with Gasteiger partial charge in [0.15, 0.2) is 18.1 Å². The average Bonchev–Trinajstić information content (AvgIpc) is 3.36. The van der Waals surface area contributed by atoms with Crippen molar-refractivity contribution in [1.82, 2.24) is 24.8 Å². The molecule has 0 fully saturated rings. The van der Waals surface area contributed by atoms with Gasteiger partial charge in [-0.25, -0.2) is 0 Å². The van der Waals surface area contributed by atoms with Crippen molar-refractivity contribution in [3.05, 3.63) is 103 Å². The van der Waals surface area contributed by atoms with Crippen LogP contribution in [0.2, 0.25) is 0 Å². The predicted octanol–water partition coefficient (Wildman–Crippen LogP) is 5.02. The average molecular weight is 473 g/mol. The molecule has 1 N–H and O–H groups in total. The lowest BCUT2D eigenvalue weighted by molar-refractivity contribution is -0.118. The number of carbonyl (C=O) groups excluding carboxylic acids is 1. The van der Waals surface area contributed by atoms with Gasteiger partial charge in [-0.3, -0.25) is 9.78 Å². The number of benzene rings is 3. The summed E-state index contributed by atoms with van der Waals surface area (Å²) >= 11 is 0. The smallest absolute Gasteiger partial charge is 0.262 e. The Kier molecular flexibility index (Phi) is 5.51. The van der Waals surface area contributed by atoms with Crippen molar-refractivity contribution < 1.29 is 9.53 Å². The fourth-order valence-corrected chi connectivity index (χ4v) is 3.95. The quantitative estimate of drug-likeness (QED) is 0.366. The zero-order chi connectivity index (χ0) is 24.3. The molecule has 0 bridgehead atoms. The lowest BCUT2D eigenvalue weighted by Gasteiger charge is -2.09. The Morgan fingerprint density at radius 3 is 2.53 bits per heavy atom. The Morgan fingerprint density at radius 2 is 1.69 bits per heavy atom. The second-order valence-corrected chi connectivity index (χ2v) is 8.18. The number of hydrogen-bond acceptors (Lipinski definition) is 6. The van der Waals surface area contributed by atoms with Crippen LogP contribution in [0.4, 0.5) is 5.69 Å². The van der Waals surface area contributed by atoms with E-state index in [1.54, 1.807) is 16.9 Å². The summed E-state index contributed by atoms with van der Waals surface area (Å²) < 4.78 is 7.38. The molecule has 1 amide bonds. The number of hydrogen-bond donors (Lipinski definition) is 1. The lowest BCUT2D eigenvalue weighted by atomic mass is 10.1. The Labute approximate surface area is 206 Å². The largest absolute Gasteiger partial charge is 0.484 e. The number of nitrogens with one attached hydrogen (secondary N) is 1. The van der Waals surface area contributed by atoms with Gasteiger partial charge in [0.2, 0.25) is 0 Å². The minimum absolute atomic E-state index is 0.0803. The van der Waals surface area contributed by atoms with E-state index in [2.05, 4.69) is 20.5 Å². The van der Waals surface area contributed by atoms with Gasteiger partial charge in [-0.2, -0.15) is 9.61 Å². The van der Waals surface area contributed by atoms with E-state index in [0.717, 1.165) is 27.6 Å². The summed E-state index contributed by atoms with van der Waals surface area (Å²) in [4.78, 5) is 16.6. The van der Waals surface area contributed by atoms with Crippen molar-refractivity contribution in [1.29, 1.82) is 0 Å². The highest BCUT2D eigenvalue weighted by Gasteiger charge is 2.11. The Hall–Kier alpha value is -5.11. The molecule has 8 heteroatoms. The number of aromatic nitrogens is 5. The van der Waals surface area contributed by atoms with E-state index in [9.17, 15) is 4.79 Å². The molecular weight excluding hydrogens is 452 g/mol. The molecule has 6 rings (SSSR count). The molecule has 0 radical (unpaired) electrons. The van der Waals surface area contributed by atoms with E-state index < -0.39 is 0 Å². The molecule has 0 aliphatic heterocycles. The van der Waals surface area contributed by atoms with Gasteiger partial charge < -0.3 is 10.1 Å². The minimum atomic E-state index is -0.235. The van der Waals surface area contributed by atoms with Gasteiger partial charge in [-0.15, -0.1) is 10.2 Å². The van der Waals surface area contributed by atoms with Gasteiger partial charge in [0, 0.05) is 29.2 Å². The Morgan fingerprint density at radius 1 is 0.833 bits per heavy atom. The number of fused-ring (bicyclic) bond motifs is 2. The fraction of sp³-hybridized carbons (Fsp3) is 0.0357. The first kappa shape index (κ1) is 21.4. The van der Waals surface area contributed by atoms with Crippen LogP contribution in [0.3, 0.4) is 0 Å². The highest BCUT2D eigenvalue weighted by atomic mass is 16.5. The predicted molar refractivity (Wildman–Crippen MR) is 138 cm³/mol. The summed E-state index contributed by atoms with van der Waals surface area (Å²) in [6.07, 6.45) is 3.44.